The summed E-state index contributed by atoms with van der Waals surface area (Å²) in [7, 11) is 0. The maximum absolute atomic E-state index is 11.1. The summed E-state index contributed by atoms with van der Waals surface area (Å²) in [6, 6.07) is 4.96. The van der Waals surface area contributed by atoms with Crippen LogP contribution in [0.15, 0.2) is 18.2 Å². The van der Waals surface area contributed by atoms with Crippen molar-refractivity contribution >= 4 is 11.7 Å². The first-order valence-electron chi connectivity index (χ1n) is 4.50. The summed E-state index contributed by atoms with van der Waals surface area (Å²) >= 11 is 0. The van der Waals surface area contributed by atoms with E-state index in [1.807, 2.05) is 6.92 Å². The number of nitrogens with two attached hydrogens (primary N) is 1. The molecule has 1 rings (SSSR count). The van der Waals surface area contributed by atoms with Gasteiger partial charge < -0.3 is 5.73 Å². The molecule has 0 fully saturated rings. The summed E-state index contributed by atoms with van der Waals surface area (Å²) in [6.07, 6.45) is 0.694. The summed E-state index contributed by atoms with van der Waals surface area (Å²) in [6.45, 7) is 3.42. The number of aryl methyl sites for hydroxylation is 1. The van der Waals surface area contributed by atoms with Gasteiger partial charge in [0, 0.05) is 11.1 Å². The Hall–Kier alpha value is -1.64. The lowest BCUT2D eigenvalue weighted by Crippen LogP contribution is -2.14. The lowest BCUT2D eigenvalue weighted by Gasteiger charge is -2.05. The minimum atomic E-state index is -0.447. The highest BCUT2D eigenvalue weighted by Crippen LogP contribution is 2.12. The van der Waals surface area contributed by atoms with E-state index in [9.17, 15) is 9.59 Å². The largest absolute Gasteiger partial charge is 0.366 e. The van der Waals surface area contributed by atoms with Crippen molar-refractivity contribution in [3.8, 4) is 0 Å². The van der Waals surface area contributed by atoms with Gasteiger partial charge in [0.25, 0.3) is 0 Å². The third-order valence-corrected chi connectivity index (χ3v) is 2.16. The smallest absolute Gasteiger partial charge is 0.248 e. The second-order valence-corrected chi connectivity index (χ2v) is 3.15. The van der Waals surface area contributed by atoms with Gasteiger partial charge in [0.15, 0.2) is 5.78 Å². The number of hydrogen-bond acceptors (Lipinski definition) is 2. The summed E-state index contributed by atoms with van der Waals surface area (Å²) < 4.78 is 0. The molecule has 3 heteroatoms. The molecule has 0 aliphatic heterocycles. The number of Topliss-reactive ketones (excluding diaryl/α,β-unsaturated/α-hetero) is 1. The Balaban J connectivity index is 3.25. The third kappa shape index (κ3) is 1.99. The van der Waals surface area contributed by atoms with Gasteiger partial charge in [-0.15, -0.1) is 0 Å². The molecule has 0 aliphatic rings. The lowest BCUT2D eigenvalue weighted by atomic mass is 10.00. The van der Waals surface area contributed by atoms with E-state index >= 15 is 0 Å². The molecule has 0 aromatic heterocycles. The van der Waals surface area contributed by atoms with Gasteiger partial charge in [-0.25, -0.2) is 0 Å². The molecule has 0 bridgehead atoms. The number of hydrogen-bond donors (Lipinski definition) is 1. The molecule has 0 aliphatic carbocycles. The monoisotopic (exact) mass is 191 g/mol. The molecule has 1 aromatic carbocycles. The van der Waals surface area contributed by atoms with Crippen LogP contribution in [0.2, 0.25) is 0 Å². The first-order valence-corrected chi connectivity index (χ1v) is 4.50. The van der Waals surface area contributed by atoms with Crippen molar-refractivity contribution in [3.05, 3.63) is 34.9 Å². The average molecular weight is 191 g/mol. The van der Waals surface area contributed by atoms with Gasteiger partial charge in [-0.2, -0.15) is 0 Å². The maximum Gasteiger partial charge on any atom is 0.248 e. The van der Waals surface area contributed by atoms with Crippen molar-refractivity contribution in [2.45, 2.75) is 20.3 Å². The van der Waals surface area contributed by atoms with Crippen molar-refractivity contribution in [2.24, 2.45) is 5.73 Å². The predicted octanol–water partition coefficient (Wildman–Crippen LogP) is 1.55. The van der Waals surface area contributed by atoms with Crippen LogP contribution in [0.3, 0.4) is 0 Å². The molecule has 2 N–H and O–H groups in total. The zero-order valence-electron chi connectivity index (χ0n) is 8.33. The van der Waals surface area contributed by atoms with Crippen molar-refractivity contribution < 1.29 is 9.59 Å². The maximum atomic E-state index is 11.1. The van der Waals surface area contributed by atoms with Crippen molar-refractivity contribution in [2.75, 3.05) is 0 Å². The normalized spacial score (nSPS) is 9.86. The molecule has 0 saturated carbocycles. The Kier molecular flexibility index (Phi) is 3.02. The van der Waals surface area contributed by atoms with E-state index in [-0.39, 0.29) is 5.78 Å². The van der Waals surface area contributed by atoms with Crippen LogP contribution in [0.1, 0.15) is 40.1 Å². The Labute approximate surface area is 82.9 Å². The minimum Gasteiger partial charge on any atom is -0.366 e. The van der Waals surface area contributed by atoms with Crippen molar-refractivity contribution in [1.29, 1.82) is 0 Å². The van der Waals surface area contributed by atoms with Crippen molar-refractivity contribution in [1.82, 2.24) is 0 Å². The first-order chi connectivity index (χ1) is 6.56. The summed E-state index contributed by atoms with van der Waals surface area (Å²) in [5.74, 6) is -0.451. The summed E-state index contributed by atoms with van der Waals surface area (Å²) in [5.41, 5.74) is 7.13. The van der Waals surface area contributed by atoms with E-state index in [0.717, 1.165) is 5.56 Å². The third-order valence-electron chi connectivity index (χ3n) is 2.16. The number of benzene rings is 1. The minimum absolute atomic E-state index is 0.00396. The van der Waals surface area contributed by atoms with Crippen molar-refractivity contribution in [3.63, 3.8) is 0 Å². The van der Waals surface area contributed by atoms with Crippen LogP contribution in [0, 0.1) is 0 Å². The molecule has 0 spiro atoms. The molecule has 3 nitrogen and oxygen atoms in total. The first kappa shape index (κ1) is 10.4. The van der Waals surface area contributed by atoms with Gasteiger partial charge in [0.05, 0.1) is 0 Å². The molecular weight excluding hydrogens is 178 g/mol. The molecule has 0 radical (unpaired) electrons. The highest BCUT2D eigenvalue weighted by Gasteiger charge is 2.08. The number of ketones is 1. The van der Waals surface area contributed by atoms with Gasteiger partial charge in [-0.05, 0) is 31.0 Å². The van der Waals surface area contributed by atoms with Gasteiger partial charge in [-0.3, -0.25) is 9.59 Å². The summed E-state index contributed by atoms with van der Waals surface area (Å²) in [5, 5.41) is 0. The van der Waals surface area contributed by atoms with Crippen LogP contribution < -0.4 is 5.73 Å². The van der Waals surface area contributed by atoms with Crippen LogP contribution >= 0.6 is 0 Å². The summed E-state index contributed by atoms with van der Waals surface area (Å²) in [4.78, 5) is 22.1. The molecule has 1 aromatic rings. The zero-order valence-corrected chi connectivity index (χ0v) is 8.33. The fourth-order valence-corrected chi connectivity index (χ4v) is 1.35. The fraction of sp³-hybridized carbons (Fsp3) is 0.273. The van der Waals surface area contributed by atoms with Crippen LogP contribution in [0.25, 0.3) is 0 Å². The second kappa shape index (κ2) is 4.05. The average Bonchev–Trinajstić information content (AvgIpc) is 2.16. The topological polar surface area (TPSA) is 60.2 Å². The highest BCUT2D eigenvalue weighted by atomic mass is 16.1. The van der Waals surface area contributed by atoms with Gasteiger partial charge in [0.1, 0.15) is 0 Å². The predicted molar refractivity (Wildman–Crippen MR) is 54.3 cm³/mol. The van der Waals surface area contributed by atoms with E-state index in [1.165, 1.54) is 6.92 Å². The fourth-order valence-electron chi connectivity index (χ4n) is 1.35. The molecule has 1 amide bonds. The molecule has 74 valence electrons. The van der Waals surface area contributed by atoms with Crippen LogP contribution in [0.5, 0.6) is 0 Å². The van der Waals surface area contributed by atoms with Gasteiger partial charge in [0.2, 0.25) is 5.91 Å². The molecule has 14 heavy (non-hydrogen) atoms. The molecule has 0 saturated heterocycles. The Morgan fingerprint density at radius 1 is 1.36 bits per heavy atom. The number of carbonyl (C=O) groups excluding carboxylic acids is 2. The van der Waals surface area contributed by atoms with E-state index in [1.54, 1.807) is 18.2 Å². The van der Waals surface area contributed by atoms with E-state index < -0.39 is 5.91 Å². The number of primary amides is 1. The quantitative estimate of drug-likeness (QED) is 0.737. The highest BCUT2D eigenvalue weighted by molar-refractivity contribution is 5.98. The Bertz CT molecular complexity index is 383. The van der Waals surface area contributed by atoms with Gasteiger partial charge >= 0.3 is 0 Å². The van der Waals surface area contributed by atoms with E-state index in [0.29, 0.717) is 17.5 Å². The van der Waals surface area contributed by atoms with Crippen LogP contribution in [-0.2, 0) is 6.42 Å². The standard InChI is InChI=1S/C11H13NO2/c1-3-8-6-9(7(2)13)4-5-10(8)11(12)14/h4-6H,3H2,1-2H3,(H2,12,14). The lowest BCUT2D eigenvalue weighted by molar-refractivity contribution is 0.0992. The Morgan fingerprint density at radius 3 is 2.43 bits per heavy atom. The zero-order chi connectivity index (χ0) is 10.7. The molecular formula is C11H13NO2. The SMILES string of the molecule is CCc1cc(C(C)=O)ccc1C(N)=O. The van der Waals surface area contributed by atoms with E-state index in [2.05, 4.69) is 0 Å². The second-order valence-electron chi connectivity index (χ2n) is 3.15. The molecule has 0 heterocycles. The molecule has 0 unspecified atom stereocenters. The van der Waals surface area contributed by atoms with Gasteiger partial charge in [-0.1, -0.05) is 13.0 Å². The number of amides is 1. The van der Waals surface area contributed by atoms with Crippen LogP contribution in [-0.4, -0.2) is 11.7 Å². The number of rotatable bonds is 3. The Morgan fingerprint density at radius 2 is 2.00 bits per heavy atom. The van der Waals surface area contributed by atoms with E-state index in [4.69, 9.17) is 5.73 Å². The molecule has 0 atom stereocenters. The number of carbonyl (C=O) groups is 2. The van der Waals surface area contributed by atoms with Crippen LogP contribution in [0.4, 0.5) is 0 Å².